The topological polar surface area (TPSA) is 83.5 Å². The van der Waals surface area contributed by atoms with Gasteiger partial charge in [-0.3, -0.25) is 4.79 Å². The van der Waals surface area contributed by atoms with E-state index in [9.17, 15) is 9.90 Å². The largest absolute Gasteiger partial charge is 0.493 e. The van der Waals surface area contributed by atoms with Crippen LogP contribution in [-0.2, 0) is 0 Å². The summed E-state index contributed by atoms with van der Waals surface area (Å²) in [4.78, 5) is 17.6. The van der Waals surface area contributed by atoms with Gasteiger partial charge in [-0.25, -0.2) is 0 Å². The van der Waals surface area contributed by atoms with Gasteiger partial charge in [0.15, 0.2) is 11.5 Å². The zero-order valence-electron chi connectivity index (χ0n) is 18.2. The van der Waals surface area contributed by atoms with Gasteiger partial charge >= 0.3 is 0 Å². The van der Waals surface area contributed by atoms with Crippen molar-refractivity contribution in [3.8, 4) is 17.2 Å². The lowest BCUT2D eigenvalue weighted by atomic mass is 10.1. The molecule has 1 saturated heterocycles. The Balaban J connectivity index is 1.76. The van der Waals surface area contributed by atoms with Crippen molar-refractivity contribution in [3.05, 3.63) is 17.7 Å². The van der Waals surface area contributed by atoms with E-state index in [0.29, 0.717) is 42.4 Å². The molecule has 0 saturated carbocycles. The minimum atomic E-state index is -0.428. The molecule has 2 aliphatic rings. The number of amides is 1. The monoisotopic (exact) mass is 421 g/mol. The fraction of sp³-hybridized carbons (Fsp3) is 0.682. The lowest BCUT2D eigenvalue weighted by Crippen LogP contribution is -2.34. The van der Waals surface area contributed by atoms with Crippen LogP contribution in [0.15, 0.2) is 12.1 Å². The van der Waals surface area contributed by atoms with Crippen LogP contribution in [0.2, 0.25) is 0 Å². The smallest absolute Gasteiger partial charge is 0.251 e. The van der Waals surface area contributed by atoms with Crippen molar-refractivity contribution in [2.75, 3.05) is 66.6 Å². The van der Waals surface area contributed by atoms with Crippen LogP contribution in [-0.4, -0.2) is 93.6 Å². The molecule has 2 N–H and O–H groups in total. The van der Waals surface area contributed by atoms with Gasteiger partial charge in [-0.05, 0) is 51.0 Å². The average molecular weight is 422 g/mol. The number of nitrogens with zero attached hydrogens (tertiary/aromatic N) is 2. The fourth-order valence-corrected chi connectivity index (χ4v) is 4.03. The number of fused-ring (bicyclic) bond motifs is 5. The van der Waals surface area contributed by atoms with Gasteiger partial charge in [-0.2, -0.15) is 0 Å². The first-order valence-corrected chi connectivity index (χ1v) is 10.9. The van der Waals surface area contributed by atoms with Crippen LogP contribution >= 0.6 is 0 Å². The summed E-state index contributed by atoms with van der Waals surface area (Å²) in [6.07, 6.45) is 2.86. The summed E-state index contributed by atoms with van der Waals surface area (Å²) in [6, 6.07) is 3.34. The van der Waals surface area contributed by atoms with Gasteiger partial charge in [0.1, 0.15) is 0 Å². The number of aliphatic hydroxyl groups excluding tert-OH is 1. The van der Waals surface area contributed by atoms with Crippen molar-refractivity contribution in [2.24, 2.45) is 0 Å². The first-order valence-electron chi connectivity index (χ1n) is 10.9. The van der Waals surface area contributed by atoms with Crippen molar-refractivity contribution < 1.29 is 24.1 Å². The van der Waals surface area contributed by atoms with Crippen LogP contribution in [0.5, 0.6) is 17.2 Å². The molecule has 1 aromatic rings. The molecule has 4 bridgehead atoms. The van der Waals surface area contributed by atoms with E-state index >= 15 is 0 Å². The van der Waals surface area contributed by atoms with E-state index in [0.717, 1.165) is 58.5 Å². The maximum atomic E-state index is 12.7. The maximum absolute atomic E-state index is 12.7. The molecule has 2 aliphatic heterocycles. The molecular formula is C22H35N3O5. The number of hydrogen-bond donors (Lipinski definition) is 2. The number of methoxy groups -OCH3 is 2. The first-order chi connectivity index (χ1) is 14.6. The molecule has 3 atom stereocenters. The molecule has 2 heterocycles. The molecule has 168 valence electrons. The van der Waals surface area contributed by atoms with Gasteiger partial charge in [0.2, 0.25) is 5.75 Å². The molecule has 8 nitrogen and oxygen atoms in total. The van der Waals surface area contributed by atoms with Crippen molar-refractivity contribution in [2.45, 2.75) is 31.8 Å². The number of hydrogen-bond acceptors (Lipinski definition) is 7. The van der Waals surface area contributed by atoms with E-state index in [1.807, 2.05) is 0 Å². The summed E-state index contributed by atoms with van der Waals surface area (Å²) < 4.78 is 16.7. The Hall–Kier alpha value is -2.03. The van der Waals surface area contributed by atoms with E-state index in [4.69, 9.17) is 14.2 Å². The summed E-state index contributed by atoms with van der Waals surface area (Å²) >= 11 is 0. The maximum Gasteiger partial charge on any atom is 0.251 e. The van der Waals surface area contributed by atoms with E-state index in [1.54, 1.807) is 19.2 Å². The van der Waals surface area contributed by atoms with Gasteiger partial charge < -0.3 is 34.4 Å². The van der Waals surface area contributed by atoms with Gasteiger partial charge in [-0.1, -0.05) is 0 Å². The lowest BCUT2D eigenvalue weighted by molar-refractivity contribution is 0.0948. The van der Waals surface area contributed by atoms with Crippen LogP contribution in [0.3, 0.4) is 0 Å². The molecule has 1 amide bonds. The zero-order chi connectivity index (χ0) is 21.3. The average Bonchev–Trinajstić information content (AvgIpc) is 2.99. The molecule has 1 aromatic carbocycles. The third kappa shape index (κ3) is 6.23. The lowest BCUT2D eigenvalue weighted by Gasteiger charge is -2.23. The van der Waals surface area contributed by atoms with Crippen molar-refractivity contribution >= 4 is 5.91 Å². The number of benzene rings is 1. The predicted octanol–water partition coefficient (Wildman–Crippen LogP) is 1.36. The summed E-state index contributed by atoms with van der Waals surface area (Å²) in [5.41, 5.74) is 0.467. The summed E-state index contributed by atoms with van der Waals surface area (Å²) in [5, 5.41) is 13.4. The minimum absolute atomic E-state index is 0.163. The summed E-state index contributed by atoms with van der Waals surface area (Å²) in [6.45, 7) is 7.03. The van der Waals surface area contributed by atoms with E-state index < -0.39 is 6.10 Å². The Labute approximate surface area is 179 Å². The molecule has 0 spiro atoms. The van der Waals surface area contributed by atoms with Gasteiger partial charge in [0, 0.05) is 38.2 Å². The molecule has 2 unspecified atom stereocenters. The van der Waals surface area contributed by atoms with Crippen LogP contribution < -0.4 is 19.5 Å². The number of rotatable bonds is 2. The third-order valence-electron chi connectivity index (χ3n) is 5.81. The number of nitrogens with one attached hydrogen (secondary N) is 1. The summed E-state index contributed by atoms with van der Waals surface area (Å²) in [5.74, 6) is 1.18. The standard InChI is InChI=1S/C22H35N3O5/c1-28-19-15-17-16-20(21(19)29-2)30-14-6-18(26)5-11-25-10-4-9-24(12-13-25)8-3-7-23-22(17)27/h15-16,18,26H,3-14H2,1-2H3,(H,23,27)/t18-/m0/s1. The molecule has 30 heavy (non-hydrogen) atoms. The number of carbonyl (C=O) groups excluding carboxylic acids is 1. The van der Waals surface area contributed by atoms with Crippen LogP contribution in [0.4, 0.5) is 0 Å². The van der Waals surface area contributed by atoms with E-state index in [1.165, 1.54) is 7.11 Å². The minimum Gasteiger partial charge on any atom is -0.493 e. The fourth-order valence-electron chi connectivity index (χ4n) is 4.03. The molecule has 0 aliphatic carbocycles. The second-order valence-electron chi connectivity index (χ2n) is 7.94. The van der Waals surface area contributed by atoms with Crippen molar-refractivity contribution in [3.63, 3.8) is 0 Å². The van der Waals surface area contributed by atoms with Gasteiger partial charge in [-0.15, -0.1) is 0 Å². The van der Waals surface area contributed by atoms with Crippen LogP contribution in [0, 0.1) is 0 Å². The van der Waals surface area contributed by atoms with Gasteiger partial charge in [0.05, 0.1) is 26.9 Å². The Morgan fingerprint density at radius 3 is 2.47 bits per heavy atom. The van der Waals surface area contributed by atoms with Crippen molar-refractivity contribution in [1.82, 2.24) is 15.1 Å². The Kier molecular flexibility index (Phi) is 8.60. The number of ether oxygens (including phenoxy) is 3. The Morgan fingerprint density at radius 1 is 1.00 bits per heavy atom. The number of carbonyl (C=O) groups is 1. The molecule has 0 radical (unpaired) electrons. The molecule has 0 aromatic heterocycles. The normalized spacial score (nSPS) is 26.5. The summed E-state index contributed by atoms with van der Waals surface area (Å²) in [7, 11) is 3.08. The first kappa shape index (κ1) is 22.7. The predicted molar refractivity (Wildman–Crippen MR) is 115 cm³/mol. The molecular weight excluding hydrogens is 386 g/mol. The highest BCUT2D eigenvalue weighted by Crippen LogP contribution is 2.38. The Morgan fingerprint density at radius 2 is 1.73 bits per heavy atom. The van der Waals surface area contributed by atoms with Crippen LogP contribution in [0.1, 0.15) is 36.0 Å². The van der Waals surface area contributed by atoms with E-state index in [2.05, 4.69) is 15.1 Å². The van der Waals surface area contributed by atoms with Crippen molar-refractivity contribution in [1.29, 1.82) is 0 Å². The molecule has 3 rings (SSSR count). The Bertz CT molecular complexity index is 700. The second kappa shape index (κ2) is 11.4. The highest BCUT2D eigenvalue weighted by molar-refractivity contribution is 5.95. The molecule has 8 heteroatoms. The zero-order valence-corrected chi connectivity index (χ0v) is 18.2. The SMILES string of the molecule is COc1cc2cc(c1OC)OCC[C@@H](O)CCN1CCCN(CCCNC2=O)CC1. The van der Waals surface area contributed by atoms with Crippen LogP contribution in [0.25, 0.3) is 0 Å². The van der Waals surface area contributed by atoms with Gasteiger partial charge in [0.25, 0.3) is 5.91 Å². The van der Waals surface area contributed by atoms with E-state index in [-0.39, 0.29) is 5.91 Å². The third-order valence-corrected chi connectivity index (χ3v) is 5.81. The highest BCUT2D eigenvalue weighted by Gasteiger charge is 2.19. The number of aliphatic hydroxyl groups is 1. The molecule has 1 fully saturated rings. The quantitative estimate of drug-likeness (QED) is 0.746. The highest BCUT2D eigenvalue weighted by atomic mass is 16.5. The second-order valence-corrected chi connectivity index (χ2v) is 7.94.